The van der Waals surface area contributed by atoms with Gasteiger partial charge in [-0.2, -0.15) is 0 Å². The number of carbonyl (C=O) groups excluding carboxylic acids is 4. The third-order valence-electron chi connectivity index (χ3n) is 5.37. The molecule has 232 valence electrons. The Morgan fingerprint density at radius 3 is 1.59 bits per heavy atom. The monoisotopic (exact) mass is 603 g/mol. The van der Waals surface area contributed by atoms with Crippen molar-refractivity contribution in [2.24, 2.45) is 0 Å². The van der Waals surface area contributed by atoms with Crippen molar-refractivity contribution in [2.75, 3.05) is 24.8 Å². The van der Waals surface area contributed by atoms with Crippen molar-refractivity contribution in [3.63, 3.8) is 0 Å². The molecule has 44 heavy (non-hydrogen) atoms. The first-order chi connectivity index (χ1) is 20.4. The van der Waals surface area contributed by atoms with Gasteiger partial charge in [-0.05, 0) is 35.4 Å². The molecule has 0 radical (unpaired) electrons. The summed E-state index contributed by atoms with van der Waals surface area (Å²) < 4.78 is 10.1. The number of hydrogen-bond donors (Lipinski definition) is 2. The van der Waals surface area contributed by atoms with Gasteiger partial charge in [-0.25, -0.2) is 19.6 Å². The molecule has 12 heteroatoms. The molecule has 2 heterocycles. The van der Waals surface area contributed by atoms with Gasteiger partial charge >= 0.3 is 12.2 Å². The summed E-state index contributed by atoms with van der Waals surface area (Å²) in [5.74, 6) is -0.384. The summed E-state index contributed by atoms with van der Waals surface area (Å²) in [5, 5.41) is 6.12. The molecule has 0 atom stereocenters. The number of benzene rings is 2. The molecule has 3 amide bonds. The summed E-state index contributed by atoms with van der Waals surface area (Å²) in [7, 11) is 2.87. The first-order valence-corrected chi connectivity index (χ1v) is 12.5. The predicted octanol–water partition coefficient (Wildman–Crippen LogP) is 6.38. The summed E-state index contributed by atoms with van der Waals surface area (Å²) in [5.41, 5.74) is 3.22. The van der Waals surface area contributed by atoms with E-state index in [2.05, 4.69) is 20.6 Å². The van der Waals surface area contributed by atoms with E-state index in [9.17, 15) is 19.2 Å². The first kappa shape index (κ1) is 36.4. The molecular weight excluding hydrogens is 566 g/mol. The number of hydroxylamine groups is 2. The fourth-order valence-electron chi connectivity index (χ4n) is 3.14. The summed E-state index contributed by atoms with van der Waals surface area (Å²) in [6, 6.07) is 24.9. The van der Waals surface area contributed by atoms with E-state index in [1.54, 1.807) is 12.1 Å². The second-order valence-corrected chi connectivity index (χ2v) is 8.38. The van der Waals surface area contributed by atoms with Crippen LogP contribution in [0.1, 0.15) is 47.0 Å². The maximum Gasteiger partial charge on any atom is 0.412 e. The van der Waals surface area contributed by atoms with Crippen molar-refractivity contribution in [3.05, 3.63) is 120 Å². The van der Waals surface area contributed by atoms with E-state index in [-0.39, 0.29) is 39.7 Å². The van der Waals surface area contributed by atoms with Crippen molar-refractivity contribution in [2.45, 2.75) is 28.1 Å². The van der Waals surface area contributed by atoms with Crippen LogP contribution in [0.15, 0.2) is 97.3 Å². The molecule has 2 aromatic carbocycles. The third-order valence-corrected chi connectivity index (χ3v) is 5.37. The van der Waals surface area contributed by atoms with E-state index in [0.29, 0.717) is 23.4 Å². The molecule has 2 aromatic heterocycles. The minimum absolute atomic E-state index is 0. The second-order valence-electron chi connectivity index (χ2n) is 8.38. The average molecular weight is 604 g/mol. The van der Waals surface area contributed by atoms with Crippen LogP contribution in [0.4, 0.5) is 21.0 Å². The number of amides is 3. The van der Waals surface area contributed by atoms with E-state index in [4.69, 9.17) is 14.3 Å². The molecule has 2 N–H and O–H groups in total. The van der Waals surface area contributed by atoms with Crippen molar-refractivity contribution in [3.8, 4) is 0 Å². The minimum Gasteiger partial charge on any atom is -0.444 e. The topological polar surface area (TPSA) is 149 Å². The van der Waals surface area contributed by atoms with E-state index in [1.807, 2.05) is 60.7 Å². The highest BCUT2D eigenvalue weighted by molar-refractivity contribution is 5.92. The molecule has 0 aliphatic rings. The van der Waals surface area contributed by atoms with Gasteiger partial charge in [0, 0.05) is 7.05 Å². The highest BCUT2D eigenvalue weighted by Gasteiger charge is 2.13. The number of rotatable bonds is 9. The van der Waals surface area contributed by atoms with Gasteiger partial charge in [-0.15, -0.1) is 0 Å². The molecule has 0 bridgehead atoms. The summed E-state index contributed by atoms with van der Waals surface area (Å²) in [6.07, 6.45) is 2.25. The van der Waals surface area contributed by atoms with Crippen molar-refractivity contribution >= 4 is 35.8 Å². The van der Waals surface area contributed by atoms with Crippen LogP contribution < -0.4 is 10.6 Å². The quantitative estimate of drug-likeness (QED) is 0.164. The van der Waals surface area contributed by atoms with Gasteiger partial charge in [0.15, 0.2) is 6.29 Å². The number of ether oxygens (including phenoxy) is 2. The molecule has 0 fully saturated rings. The number of aldehydes is 1. The predicted molar refractivity (Wildman–Crippen MR) is 167 cm³/mol. The van der Waals surface area contributed by atoms with Crippen LogP contribution in [-0.2, 0) is 27.5 Å². The molecule has 0 saturated heterocycles. The molecule has 12 nitrogen and oxygen atoms in total. The van der Waals surface area contributed by atoms with Gasteiger partial charge in [-0.3, -0.25) is 30.0 Å². The van der Waals surface area contributed by atoms with Crippen LogP contribution in [0.25, 0.3) is 0 Å². The van der Waals surface area contributed by atoms with Gasteiger partial charge in [0.2, 0.25) is 0 Å². The molecule has 4 aromatic rings. The zero-order chi connectivity index (χ0) is 30.2. The van der Waals surface area contributed by atoms with Gasteiger partial charge in [0.05, 0.1) is 30.9 Å². The Kier molecular flexibility index (Phi) is 16.1. The Morgan fingerprint density at radius 2 is 1.20 bits per heavy atom. The number of aromatic nitrogens is 2. The lowest BCUT2D eigenvalue weighted by Crippen LogP contribution is -2.26. The molecule has 0 spiro atoms. The second kappa shape index (κ2) is 19.5. The summed E-state index contributed by atoms with van der Waals surface area (Å²) in [4.78, 5) is 58.0. The van der Waals surface area contributed by atoms with E-state index in [1.165, 1.54) is 38.7 Å². The van der Waals surface area contributed by atoms with Crippen LogP contribution in [0.5, 0.6) is 0 Å². The zero-order valence-electron chi connectivity index (χ0n) is 22.9. The van der Waals surface area contributed by atoms with Gasteiger partial charge < -0.3 is 9.47 Å². The lowest BCUT2D eigenvalue weighted by Gasteiger charge is -2.13. The Morgan fingerprint density at radius 1 is 0.727 bits per heavy atom. The van der Waals surface area contributed by atoms with Gasteiger partial charge in [0.25, 0.3) is 5.91 Å². The maximum atomic E-state index is 11.8. The SMILES string of the molecule is C.C.CON(C)C(=O)c1ccc(NC(=O)OCc2ccccc2)cn1.O=Cc1ccc(NC(=O)OCc2ccccc2)cn1. The Bertz CT molecular complexity index is 1440. The van der Waals surface area contributed by atoms with Crippen molar-refractivity contribution in [1.29, 1.82) is 0 Å². The van der Waals surface area contributed by atoms with Crippen LogP contribution in [0.3, 0.4) is 0 Å². The minimum atomic E-state index is -0.594. The lowest BCUT2D eigenvalue weighted by atomic mass is 10.2. The highest BCUT2D eigenvalue weighted by Crippen LogP contribution is 2.10. The third kappa shape index (κ3) is 12.5. The van der Waals surface area contributed by atoms with Gasteiger partial charge in [-0.1, -0.05) is 75.5 Å². The fourth-order valence-corrected chi connectivity index (χ4v) is 3.14. The van der Waals surface area contributed by atoms with Gasteiger partial charge in [0.1, 0.15) is 24.6 Å². The molecular formula is C32H37N5O7. The average Bonchev–Trinajstić information content (AvgIpc) is 3.04. The number of carbonyl (C=O) groups is 4. The summed E-state index contributed by atoms with van der Waals surface area (Å²) >= 11 is 0. The number of nitrogens with zero attached hydrogens (tertiary/aromatic N) is 3. The van der Waals surface area contributed by atoms with Crippen LogP contribution >= 0.6 is 0 Å². The molecule has 0 saturated carbocycles. The van der Waals surface area contributed by atoms with Crippen LogP contribution in [-0.4, -0.2) is 53.6 Å². The zero-order valence-corrected chi connectivity index (χ0v) is 22.9. The van der Waals surface area contributed by atoms with E-state index in [0.717, 1.165) is 16.2 Å². The largest absolute Gasteiger partial charge is 0.444 e. The summed E-state index contributed by atoms with van der Waals surface area (Å²) in [6.45, 7) is 0.377. The van der Waals surface area contributed by atoms with Crippen molar-refractivity contribution in [1.82, 2.24) is 15.0 Å². The van der Waals surface area contributed by atoms with E-state index < -0.39 is 12.2 Å². The number of pyridine rings is 2. The molecule has 0 aliphatic carbocycles. The van der Waals surface area contributed by atoms with E-state index >= 15 is 0 Å². The van der Waals surface area contributed by atoms with Crippen molar-refractivity contribution < 1.29 is 33.5 Å². The fraction of sp³-hybridized carbons (Fsp3) is 0.188. The molecule has 0 aliphatic heterocycles. The smallest absolute Gasteiger partial charge is 0.412 e. The first-order valence-electron chi connectivity index (χ1n) is 12.5. The Hall–Kier alpha value is -5.62. The normalized spacial score (nSPS) is 9.41. The Balaban J connectivity index is 0.000000427. The highest BCUT2D eigenvalue weighted by atomic mass is 16.7. The number of hydrogen-bond acceptors (Lipinski definition) is 9. The Labute approximate surface area is 257 Å². The number of nitrogens with one attached hydrogen (secondary N) is 2. The number of anilines is 2. The molecule has 0 unspecified atom stereocenters. The lowest BCUT2D eigenvalue weighted by molar-refractivity contribution is -0.0760. The van der Waals surface area contributed by atoms with Crippen LogP contribution in [0.2, 0.25) is 0 Å². The standard InChI is InChI=1S/C16H17N3O4.C14H12N2O3.2CH4/c1-19(22-2)15(20)14-9-8-13(10-17-14)18-16(21)23-11-12-6-4-3-5-7-12;17-9-13-7-6-12(8-15-13)16-14(18)19-10-11-4-2-1-3-5-11;;/h3-10H,11H2,1-2H3,(H,18,21);1-9H,10H2,(H,16,18);2*1H4. The van der Waals surface area contributed by atoms with Crippen LogP contribution in [0, 0.1) is 0 Å². The maximum absolute atomic E-state index is 11.8. The molecule has 4 rings (SSSR count).